The Bertz CT molecular complexity index is 252. The molecule has 0 bridgehead atoms. The van der Waals surface area contributed by atoms with Gasteiger partial charge in [-0.2, -0.15) is 0 Å². The summed E-state index contributed by atoms with van der Waals surface area (Å²) in [6.45, 7) is 1.30. The van der Waals surface area contributed by atoms with Crippen LogP contribution in [0.15, 0.2) is 15.9 Å². The number of anilines is 1. The maximum atomic E-state index is 8.63. The third-order valence-corrected chi connectivity index (χ3v) is 3.57. The van der Waals surface area contributed by atoms with Gasteiger partial charge in [-0.25, -0.2) is 0 Å². The second-order valence-corrected chi connectivity index (χ2v) is 5.37. The van der Waals surface area contributed by atoms with Gasteiger partial charge in [0.2, 0.25) is 0 Å². The molecule has 0 amide bonds. The van der Waals surface area contributed by atoms with Crippen molar-refractivity contribution >= 4 is 32.3 Å². The Hall–Kier alpha value is -0.0600. The summed E-state index contributed by atoms with van der Waals surface area (Å²) >= 11 is 5.17. The smallest absolute Gasteiger partial charge is 0.0917 e. The molecule has 0 radical (unpaired) electrons. The molecule has 4 heteroatoms. The first-order valence-corrected chi connectivity index (χ1v) is 5.92. The molecular weight excluding hydrogens is 250 g/mol. The quantitative estimate of drug-likeness (QED) is 0.826. The molecule has 0 atom stereocenters. The van der Waals surface area contributed by atoms with E-state index in [9.17, 15) is 0 Å². The topological polar surface area (TPSA) is 23.5 Å². The van der Waals surface area contributed by atoms with Crippen molar-refractivity contribution in [1.82, 2.24) is 0 Å². The first kappa shape index (κ1) is 11.0. The van der Waals surface area contributed by atoms with Gasteiger partial charge in [-0.05, 0) is 40.9 Å². The Morgan fingerprint density at radius 1 is 1.46 bits per heavy atom. The SMILES string of the molecule is CN(CCCCO)c1ccc(Br)s1. The Morgan fingerprint density at radius 3 is 2.77 bits per heavy atom. The predicted molar refractivity (Wildman–Crippen MR) is 61.6 cm³/mol. The molecule has 0 aliphatic rings. The number of hydrogen-bond donors (Lipinski definition) is 1. The Kier molecular flexibility index (Phi) is 4.77. The molecule has 1 aromatic heterocycles. The zero-order valence-electron chi connectivity index (χ0n) is 7.66. The van der Waals surface area contributed by atoms with Crippen LogP contribution in [0.25, 0.3) is 0 Å². The van der Waals surface area contributed by atoms with Gasteiger partial charge >= 0.3 is 0 Å². The van der Waals surface area contributed by atoms with Gasteiger partial charge in [0.05, 0.1) is 8.79 Å². The molecule has 0 saturated carbocycles. The lowest BCUT2D eigenvalue weighted by Gasteiger charge is -2.16. The van der Waals surface area contributed by atoms with Gasteiger partial charge in [0.1, 0.15) is 0 Å². The number of halogens is 1. The fourth-order valence-corrected chi connectivity index (χ4v) is 2.43. The maximum Gasteiger partial charge on any atom is 0.0917 e. The van der Waals surface area contributed by atoms with Gasteiger partial charge < -0.3 is 10.0 Å². The number of nitrogens with zero attached hydrogens (tertiary/aromatic N) is 1. The molecule has 1 heterocycles. The summed E-state index contributed by atoms with van der Waals surface area (Å²) in [4.78, 5) is 2.21. The maximum absolute atomic E-state index is 8.63. The van der Waals surface area contributed by atoms with E-state index in [1.54, 1.807) is 11.3 Å². The number of thiophene rings is 1. The number of aliphatic hydroxyl groups excluding tert-OH is 1. The van der Waals surface area contributed by atoms with Crippen molar-refractivity contribution in [3.05, 3.63) is 15.9 Å². The zero-order valence-corrected chi connectivity index (χ0v) is 10.1. The normalized spacial score (nSPS) is 10.4. The molecule has 0 fully saturated rings. The van der Waals surface area contributed by atoms with Crippen molar-refractivity contribution in [2.24, 2.45) is 0 Å². The van der Waals surface area contributed by atoms with Crippen molar-refractivity contribution in [1.29, 1.82) is 0 Å². The van der Waals surface area contributed by atoms with E-state index in [0.717, 1.165) is 23.2 Å². The van der Waals surface area contributed by atoms with Crippen LogP contribution in [0, 0.1) is 0 Å². The molecule has 1 N–H and O–H groups in total. The van der Waals surface area contributed by atoms with Crippen molar-refractivity contribution < 1.29 is 5.11 Å². The predicted octanol–water partition coefficient (Wildman–Crippen LogP) is 2.72. The third kappa shape index (κ3) is 3.67. The fourth-order valence-electron chi connectivity index (χ4n) is 1.08. The number of hydrogen-bond acceptors (Lipinski definition) is 3. The molecule has 0 aliphatic heterocycles. The summed E-state index contributed by atoms with van der Waals surface area (Å²) in [5, 5.41) is 9.90. The van der Waals surface area contributed by atoms with Crippen molar-refractivity contribution in [3.8, 4) is 0 Å². The van der Waals surface area contributed by atoms with Crippen LogP contribution in [-0.4, -0.2) is 25.3 Å². The Labute approximate surface area is 91.3 Å². The van der Waals surface area contributed by atoms with Crippen LogP contribution in [0.5, 0.6) is 0 Å². The Morgan fingerprint density at radius 2 is 2.23 bits per heavy atom. The van der Waals surface area contributed by atoms with Gasteiger partial charge in [-0.1, -0.05) is 0 Å². The number of rotatable bonds is 5. The summed E-state index contributed by atoms with van der Waals surface area (Å²) in [5.74, 6) is 0. The van der Waals surface area contributed by atoms with E-state index >= 15 is 0 Å². The largest absolute Gasteiger partial charge is 0.396 e. The van der Waals surface area contributed by atoms with Gasteiger partial charge in [0, 0.05) is 20.2 Å². The summed E-state index contributed by atoms with van der Waals surface area (Å²) < 4.78 is 1.16. The van der Waals surface area contributed by atoms with Gasteiger partial charge in [-0.15, -0.1) is 11.3 Å². The third-order valence-electron chi connectivity index (χ3n) is 1.84. The van der Waals surface area contributed by atoms with Crippen LogP contribution in [0.4, 0.5) is 5.00 Å². The molecule has 1 rings (SSSR count). The van der Waals surface area contributed by atoms with E-state index in [0.29, 0.717) is 6.61 Å². The number of unbranched alkanes of at least 4 members (excludes halogenated alkanes) is 1. The van der Waals surface area contributed by atoms with Crippen LogP contribution < -0.4 is 4.90 Å². The van der Waals surface area contributed by atoms with Gasteiger partial charge in [0.25, 0.3) is 0 Å². The summed E-state index contributed by atoms with van der Waals surface area (Å²) in [6, 6.07) is 4.16. The zero-order chi connectivity index (χ0) is 9.68. The van der Waals surface area contributed by atoms with Crippen LogP contribution in [0.2, 0.25) is 0 Å². The highest BCUT2D eigenvalue weighted by Gasteiger charge is 2.02. The minimum absolute atomic E-state index is 0.294. The molecule has 0 spiro atoms. The standard InChI is InChI=1S/C9H14BrNOS/c1-11(6-2-3-7-12)9-5-4-8(10)13-9/h4-5,12H,2-3,6-7H2,1H3. The summed E-state index contributed by atoms with van der Waals surface area (Å²) in [5.41, 5.74) is 0. The molecule has 13 heavy (non-hydrogen) atoms. The van der Waals surface area contributed by atoms with Crippen molar-refractivity contribution in [2.75, 3.05) is 25.1 Å². The summed E-state index contributed by atoms with van der Waals surface area (Å²) in [6.07, 6.45) is 1.93. The highest BCUT2D eigenvalue weighted by atomic mass is 79.9. The van der Waals surface area contributed by atoms with E-state index < -0.39 is 0 Å². The van der Waals surface area contributed by atoms with Gasteiger partial charge in [0.15, 0.2) is 0 Å². The van der Waals surface area contributed by atoms with E-state index in [2.05, 4.69) is 40.0 Å². The van der Waals surface area contributed by atoms with E-state index in [1.807, 2.05) is 0 Å². The highest BCUT2D eigenvalue weighted by molar-refractivity contribution is 9.11. The molecule has 1 aromatic rings. The number of aliphatic hydroxyl groups is 1. The minimum Gasteiger partial charge on any atom is -0.396 e. The van der Waals surface area contributed by atoms with Crippen LogP contribution in [0.3, 0.4) is 0 Å². The second-order valence-electron chi connectivity index (χ2n) is 2.93. The van der Waals surface area contributed by atoms with E-state index in [4.69, 9.17) is 5.11 Å². The monoisotopic (exact) mass is 263 g/mol. The summed E-state index contributed by atoms with van der Waals surface area (Å²) in [7, 11) is 2.08. The van der Waals surface area contributed by atoms with E-state index in [-0.39, 0.29) is 0 Å². The highest BCUT2D eigenvalue weighted by Crippen LogP contribution is 2.29. The van der Waals surface area contributed by atoms with E-state index in [1.165, 1.54) is 5.00 Å². The fraction of sp³-hybridized carbons (Fsp3) is 0.556. The van der Waals surface area contributed by atoms with Gasteiger partial charge in [-0.3, -0.25) is 0 Å². The van der Waals surface area contributed by atoms with Crippen molar-refractivity contribution in [2.45, 2.75) is 12.8 Å². The molecule has 0 aromatic carbocycles. The van der Waals surface area contributed by atoms with Crippen LogP contribution >= 0.6 is 27.3 Å². The molecule has 74 valence electrons. The average Bonchev–Trinajstić information content (AvgIpc) is 2.52. The second kappa shape index (κ2) is 5.62. The Balaban J connectivity index is 2.35. The minimum atomic E-state index is 0.294. The lowest BCUT2D eigenvalue weighted by atomic mass is 10.3. The first-order valence-electron chi connectivity index (χ1n) is 4.31. The molecule has 0 aliphatic carbocycles. The molecule has 2 nitrogen and oxygen atoms in total. The molecular formula is C9H14BrNOS. The molecule has 0 saturated heterocycles. The van der Waals surface area contributed by atoms with Crippen LogP contribution in [0.1, 0.15) is 12.8 Å². The van der Waals surface area contributed by atoms with Crippen molar-refractivity contribution in [3.63, 3.8) is 0 Å². The molecule has 0 unspecified atom stereocenters. The first-order chi connectivity index (χ1) is 6.24. The lowest BCUT2D eigenvalue weighted by Crippen LogP contribution is -2.17. The average molecular weight is 264 g/mol. The lowest BCUT2D eigenvalue weighted by molar-refractivity contribution is 0.285. The van der Waals surface area contributed by atoms with Crippen LogP contribution in [-0.2, 0) is 0 Å².